The highest BCUT2D eigenvalue weighted by molar-refractivity contribution is 14.1. The van der Waals surface area contributed by atoms with Gasteiger partial charge in [-0.15, -0.1) is 23.1 Å². The maximum Gasteiger partial charge on any atom is 0.334 e. The van der Waals surface area contributed by atoms with E-state index in [4.69, 9.17) is 9.47 Å². The number of thioether (sulfide) groups is 1. The number of thiophene rings is 1. The molecule has 2 aliphatic rings. The quantitative estimate of drug-likeness (QED) is 0.118. The highest BCUT2D eigenvalue weighted by Gasteiger charge is 2.67. The van der Waals surface area contributed by atoms with Gasteiger partial charge in [-0.05, 0) is 33.6 Å². The molecule has 1 saturated heterocycles. The van der Waals surface area contributed by atoms with Crippen LogP contribution in [-0.4, -0.2) is 51.4 Å². The maximum absolute atomic E-state index is 13.8. The SMILES string of the molecule is CO[C@@]1(NC(=O)Cc2cccs2)C(=O)N2C(C(=O)OC(c3ccccc3)c3ccccc3)C(CI)=CS[C@H]21. The van der Waals surface area contributed by atoms with Crippen LogP contribution in [0.3, 0.4) is 0 Å². The molecule has 1 N–H and O–H groups in total. The lowest BCUT2D eigenvalue weighted by atomic mass is 9.94. The normalized spacial score (nSPS) is 22.3. The van der Waals surface area contributed by atoms with Crippen LogP contribution < -0.4 is 5.32 Å². The first kappa shape index (κ1) is 26.9. The van der Waals surface area contributed by atoms with Crippen molar-refractivity contribution in [2.45, 2.75) is 29.7 Å². The summed E-state index contributed by atoms with van der Waals surface area (Å²) in [7, 11) is 1.40. The smallest absolute Gasteiger partial charge is 0.334 e. The van der Waals surface area contributed by atoms with Gasteiger partial charge in [0.1, 0.15) is 5.37 Å². The van der Waals surface area contributed by atoms with Crippen LogP contribution in [0.15, 0.2) is 89.2 Å². The third-order valence-corrected chi connectivity index (χ3v) is 9.52. The van der Waals surface area contributed by atoms with Crippen molar-refractivity contribution < 1.29 is 23.9 Å². The van der Waals surface area contributed by atoms with E-state index in [1.54, 1.807) is 0 Å². The number of halogens is 1. The molecule has 0 radical (unpaired) electrons. The van der Waals surface area contributed by atoms with Crippen molar-refractivity contribution in [1.82, 2.24) is 10.2 Å². The number of hydrogen-bond acceptors (Lipinski definition) is 7. The molecule has 5 rings (SSSR count). The van der Waals surface area contributed by atoms with Crippen molar-refractivity contribution in [3.8, 4) is 0 Å². The molecule has 0 saturated carbocycles. The van der Waals surface area contributed by atoms with E-state index in [-0.39, 0.29) is 12.3 Å². The fourth-order valence-corrected chi connectivity index (χ4v) is 7.61. The Balaban J connectivity index is 1.40. The van der Waals surface area contributed by atoms with Gasteiger partial charge in [0.25, 0.3) is 11.6 Å². The number of nitrogens with one attached hydrogen (secondary N) is 1. The number of rotatable bonds is 9. The van der Waals surface area contributed by atoms with E-state index in [0.29, 0.717) is 4.43 Å². The number of hydrogen-bond donors (Lipinski definition) is 1. The Labute approximate surface area is 242 Å². The van der Waals surface area contributed by atoms with Crippen LogP contribution in [0.25, 0.3) is 0 Å². The minimum Gasteiger partial charge on any atom is -0.451 e. The Kier molecular flexibility index (Phi) is 8.22. The van der Waals surface area contributed by atoms with E-state index in [1.165, 1.54) is 35.1 Å². The van der Waals surface area contributed by atoms with Gasteiger partial charge in [0.05, 0.1) is 6.42 Å². The largest absolute Gasteiger partial charge is 0.451 e. The number of nitrogens with zero attached hydrogens (tertiary/aromatic N) is 1. The fourth-order valence-electron chi connectivity index (χ4n) is 4.65. The second-order valence-electron chi connectivity index (χ2n) is 8.81. The number of alkyl halides is 1. The van der Waals surface area contributed by atoms with Gasteiger partial charge in [0.2, 0.25) is 5.91 Å². The molecule has 38 heavy (non-hydrogen) atoms. The lowest BCUT2D eigenvalue weighted by Gasteiger charge is -2.57. The lowest BCUT2D eigenvalue weighted by Crippen LogP contribution is -2.83. The maximum atomic E-state index is 13.8. The number of fused-ring (bicyclic) bond motifs is 1. The highest BCUT2D eigenvalue weighted by Crippen LogP contribution is 2.47. The van der Waals surface area contributed by atoms with Gasteiger partial charge in [-0.1, -0.05) is 89.3 Å². The third-order valence-electron chi connectivity index (χ3n) is 6.51. The van der Waals surface area contributed by atoms with E-state index in [0.717, 1.165) is 21.6 Å². The Morgan fingerprint density at radius 2 is 1.71 bits per heavy atom. The molecule has 1 unspecified atom stereocenters. The van der Waals surface area contributed by atoms with E-state index in [1.807, 2.05) is 83.6 Å². The van der Waals surface area contributed by atoms with Crippen LogP contribution in [0, 0.1) is 0 Å². The first-order valence-electron chi connectivity index (χ1n) is 11.9. The number of methoxy groups -OCH3 is 1. The molecule has 3 atom stereocenters. The number of amides is 2. The predicted octanol–water partition coefficient (Wildman–Crippen LogP) is 4.68. The van der Waals surface area contributed by atoms with Crippen LogP contribution >= 0.6 is 45.7 Å². The van der Waals surface area contributed by atoms with Crippen molar-refractivity contribution in [1.29, 1.82) is 0 Å². The molecule has 196 valence electrons. The molecule has 0 aliphatic carbocycles. The number of β-lactam (4-membered cyclic amide) rings is 1. The number of carbonyl (C=O) groups is 3. The molecule has 3 aromatic rings. The molecule has 1 aromatic heterocycles. The lowest BCUT2D eigenvalue weighted by molar-refractivity contribution is -0.202. The minimum atomic E-state index is -1.55. The van der Waals surface area contributed by atoms with E-state index in [9.17, 15) is 14.4 Å². The van der Waals surface area contributed by atoms with Crippen molar-refractivity contribution in [3.05, 3.63) is 105 Å². The first-order valence-corrected chi connectivity index (χ1v) is 15.3. The standard InChI is InChI=1S/C28H25IN2O5S2/c1-35-28(30-22(32)15-21-13-8-14-37-21)26(34)31-23(20(16-29)17-38-27(28)31)25(33)36-24(18-9-4-2-5-10-18)19-11-6-3-7-12-19/h2-14,17,23-24,27H,15-16H2,1H3,(H,30,32)/t23?,27-,28-/m0/s1. The Bertz CT molecular complexity index is 1300. The van der Waals surface area contributed by atoms with Gasteiger partial charge in [0.15, 0.2) is 12.1 Å². The topological polar surface area (TPSA) is 84.9 Å². The average molecular weight is 661 g/mol. The molecule has 1 fully saturated rings. The fraction of sp³-hybridized carbons (Fsp3) is 0.250. The van der Waals surface area contributed by atoms with E-state index in [2.05, 4.69) is 27.9 Å². The van der Waals surface area contributed by atoms with Crippen LogP contribution in [0.5, 0.6) is 0 Å². The van der Waals surface area contributed by atoms with E-state index < -0.39 is 35.1 Å². The number of benzene rings is 2. The van der Waals surface area contributed by atoms with Crippen molar-refractivity contribution in [2.75, 3.05) is 11.5 Å². The Morgan fingerprint density at radius 3 is 2.26 bits per heavy atom. The molecule has 2 aliphatic heterocycles. The average Bonchev–Trinajstić information content (AvgIpc) is 3.47. The number of carbonyl (C=O) groups excluding carboxylic acids is 3. The summed E-state index contributed by atoms with van der Waals surface area (Å²) in [6.45, 7) is 0. The van der Waals surface area contributed by atoms with Crippen molar-refractivity contribution in [3.63, 3.8) is 0 Å². The van der Waals surface area contributed by atoms with Gasteiger partial charge >= 0.3 is 5.97 Å². The zero-order chi connectivity index (χ0) is 26.7. The van der Waals surface area contributed by atoms with Gasteiger partial charge < -0.3 is 19.7 Å². The zero-order valence-electron chi connectivity index (χ0n) is 20.4. The van der Waals surface area contributed by atoms with E-state index >= 15 is 0 Å². The molecule has 3 heterocycles. The Morgan fingerprint density at radius 1 is 1.05 bits per heavy atom. The molecular weight excluding hydrogens is 635 g/mol. The molecule has 0 spiro atoms. The van der Waals surface area contributed by atoms with Crippen molar-refractivity contribution in [2.24, 2.45) is 0 Å². The monoisotopic (exact) mass is 660 g/mol. The van der Waals surface area contributed by atoms with Crippen LogP contribution in [0.1, 0.15) is 22.1 Å². The van der Waals surface area contributed by atoms with Gasteiger partial charge in [-0.3, -0.25) is 9.59 Å². The number of ether oxygens (including phenoxy) is 2. The summed E-state index contributed by atoms with van der Waals surface area (Å²) in [5.41, 5.74) is 0.870. The highest BCUT2D eigenvalue weighted by atomic mass is 127. The summed E-state index contributed by atoms with van der Waals surface area (Å²) in [5, 5.41) is 5.97. The zero-order valence-corrected chi connectivity index (χ0v) is 24.2. The summed E-state index contributed by atoms with van der Waals surface area (Å²) < 4.78 is 12.3. The first-order chi connectivity index (χ1) is 18.5. The summed E-state index contributed by atoms with van der Waals surface area (Å²) >= 11 is 5.01. The van der Waals surface area contributed by atoms with Crippen LogP contribution in [0.2, 0.25) is 0 Å². The van der Waals surface area contributed by atoms with Gasteiger partial charge in [0, 0.05) is 16.4 Å². The second kappa shape index (κ2) is 11.6. The van der Waals surface area contributed by atoms with Crippen LogP contribution in [0.4, 0.5) is 0 Å². The summed E-state index contributed by atoms with van der Waals surface area (Å²) in [6, 6.07) is 21.9. The molecule has 2 aromatic carbocycles. The number of esters is 1. The molecular formula is C28H25IN2O5S2. The molecule has 10 heteroatoms. The van der Waals surface area contributed by atoms with Gasteiger partial charge in [-0.25, -0.2) is 4.79 Å². The van der Waals surface area contributed by atoms with Gasteiger partial charge in [-0.2, -0.15) is 0 Å². The summed E-state index contributed by atoms with van der Waals surface area (Å²) in [4.78, 5) is 42.6. The summed E-state index contributed by atoms with van der Waals surface area (Å²) in [5.74, 6) is -1.32. The second-order valence-corrected chi connectivity index (χ2v) is 11.6. The minimum absolute atomic E-state index is 0.142. The Hall–Kier alpha value is -2.67. The van der Waals surface area contributed by atoms with Crippen LogP contribution in [-0.2, 0) is 30.3 Å². The summed E-state index contributed by atoms with van der Waals surface area (Å²) in [6.07, 6.45) is -0.494. The third kappa shape index (κ3) is 5.02. The van der Waals surface area contributed by atoms with Crippen molar-refractivity contribution >= 4 is 63.5 Å². The molecule has 7 nitrogen and oxygen atoms in total. The predicted molar refractivity (Wildman–Crippen MR) is 156 cm³/mol. The molecule has 0 bridgehead atoms. The molecule has 2 amide bonds.